The summed E-state index contributed by atoms with van der Waals surface area (Å²) >= 11 is 1.55. The number of hydrogen-bond donors (Lipinski definition) is 1. The molecule has 0 bridgehead atoms. The van der Waals surface area contributed by atoms with Gasteiger partial charge in [-0.3, -0.25) is 0 Å². The van der Waals surface area contributed by atoms with Gasteiger partial charge in [0, 0.05) is 17.5 Å². The fourth-order valence-electron chi connectivity index (χ4n) is 2.74. The standard InChI is InChI=1S/C15H17NO4S3/c17-22(18)10-14(16-9-12-5-4-8-21-12)15(11-22)23(19,20)13-6-2-1-3-7-13/h1-8,14-16H,9-11H2/t14-,15-/m0/s1. The Balaban J connectivity index is 1.86. The minimum absolute atomic E-state index is 0.144. The Labute approximate surface area is 140 Å². The van der Waals surface area contributed by atoms with Crippen molar-refractivity contribution in [2.24, 2.45) is 0 Å². The fraction of sp³-hybridized carbons (Fsp3) is 0.333. The van der Waals surface area contributed by atoms with E-state index < -0.39 is 31.0 Å². The van der Waals surface area contributed by atoms with Gasteiger partial charge in [-0.25, -0.2) is 16.8 Å². The molecular formula is C15H17NO4S3. The minimum Gasteiger partial charge on any atom is -0.307 e. The molecule has 1 saturated heterocycles. The molecule has 2 aromatic rings. The Kier molecular flexibility index (Phi) is 4.59. The van der Waals surface area contributed by atoms with Crippen molar-refractivity contribution in [3.05, 3.63) is 52.7 Å². The second-order valence-corrected chi connectivity index (χ2v) is 10.9. The van der Waals surface area contributed by atoms with Gasteiger partial charge in [0.1, 0.15) is 0 Å². The van der Waals surface area contributed by atoms with Crippen molar-refractivity contribution < 1.29 is 16.8 Å². The van der Waals surface area contributed by atoms with Crippen molar-refractivity contribution >= 4 is 31.0 Å². The lowest BCUT2D eigenvalue weighted by Crippen LogP contribution is -2.42. The molecule has 1 aromatic carbocycles. The molecule has 5 nitrogen and oxygen atoms in total. The summed E-state index contributed by atoms with van der Waals surface area (Å²) in [5, 5.41) is 4.10. The third kappa shape index (κ3) is 3.65. The second-order valence-electron chi connectivity index (χ2n) is 5.54. The summed E-state index contributed by atoms with van der Waals surface area (Å²) in [4.78, 5) is 1.22. The molecule has 1 aromatic heterocycles. The predicted octanol–water partition coefficient (Wildman–Crippen LogP) is 1.48. The van der Waals surface area contributed by atoms with Gasteiger partial charge in [0.2, 0.25) is 0 Å². The van der Waals surface area contributed by atoms with Crippen LogP contribution in [0.4, 0.5) is 0 Å². The smallest absolute Gasteiger partial charge is 0.183 e. The van der Waals surface area contributed by atoms with E-state index >= 15 is 0 Å². The fourth-order valence-corrected chi connectivity index (χ4v) is 8.13. The first kappa shape index (κ1) is 16.6. The SMILES string of the molecule is O=S1(=O)C[C@H](NCc2cccs2)[C@@H](S(=O)(=O)c2ccccc2)C1. The molecule has 0 spiro atoms. The minimum atomic E-state index is -3.69. The normalized spacial score (nSPS) is 23.8. The van der Waals surface area contributed by atoms with Gasteiger partial charge in [-0.2, -0.15) is 0 Å². The van der Waals surface area contributed by atoms with Gasteiger partial charge in [-0.1, -0.05) is 24.3 Å². The Morgan fingerprint density at radius 2 is 1.83 bits per heavy atom. The van der Waals surface area contributed by atoms with Crippen molar-refractivity contribution in [1.29, 1.82) is 0 Å². The van der Waals surface area contributed by atoms with Crippen LogP contribution in [0.2, 0.25) is 0 Å². The summed E-state index contributed by atoms with van der Waals surface area (Å²) in [7, 11) is -7.05. The molecule has 0 aliphatic carbocycles. The highest BCUT2D eigenvalue weighted by Gasteiger charge is 2.45. The van der Waals surface area contributed by atoms with E-state index in [-0.39, 0.29) is 16.4 Å². The van der Waals surface area contributed by atoms with Crippen LogP contribution in [-0.2, 0) is 26.2 Å². The highest BCUT2D eigenvalue weighted by atomic mass is 32.2. The Hall–Kier alpha value is -1.22. The molecule has 0 unspecified atom stereocenters. The van der Waals surface area contributed by atoms with Gasteiger partial charge < -0.3 is 5.32 Å². The molecule has 124 valence electrons. The van der Waals surface area contributed by atoms with Gasteiger partial charge in [-0.15, -0.1) is 11.3 Å². The maximum Gasteiger partial charge on any atom is 0.183 e. The van der Waals surface area contributed by atoms with Crippen molar-refractivity contribution in [2.45, 2.75) is 22.7 Å². The summed E-state index contributed by atoms with van der Waals surface area (Å²) in [5.74, 6) is -0.471. The van der Waals surface area contributed by atoms with Crippen LogP contribution >= 0.6 is 11.3 Å². The Morgan fingerprint density at radius 1 is 1.09 bits per heavy atom. The number of rotatable bonds is 5. The summed E-state index contributed by atoms with van der Waals surface area (Å²) in [6.07, 6.45) is 0. The zero-order valence-corrected chi connectivity index (χ0v) is 14.7. The first-order chi connectivity index (χ1) is 10.9. The zero-order valence-electron chi connectivity index (χ0n) is 12.3. The number of nitrogens with one attached hydrogen (secondary N) is 1. The predicted molar refractivity (Wildman–Crippen MR) is 91.0 cm³/mol. The number of hydrogen-bond acceptors (Lipinski definition) is 6. The van der Waals surface area contributed by atoms with Crippen molar-refractivity contribution in [3.8, 4) is 0 Å². The number of sulfone groups is 2. The molecule has 2 heterocycles. The lowest BCUT2D eigenvalue weighted by molar-refractivity contribution is 0.528. The molecule has 8 heteroatoms. The van der Waals surface area contributed by atoms with Crippen molar-refractivity contribution in [1.82, 2.24) is 5.32 Å². The maximum atomic E-state index is 12.8. The van der Waals surface area contributed by atoms with Crippen LogP contribution in [0.25, 0.3) is 0 Å². The Morgan fingerprint density at radius 3 is 2.48 bits per heavy atom. The van der Waals surface area contributed by atoms with E-state index in [0.717, 1.165) is 4.88 Å². The van der Waals surface area contributed by atoms with Gasteiger partial charge >= 0.3 is 0 Å². The van der Waals surface area contributed by atoms with Crippen LogP contribution in [0.15, 0.2) is 52.7 Å². The molecule has 2 atom stereocenters. The zero-order chi connectivity index (χ0) is 16.5. The van der Waals surface area contributed by atoms with E-state index in [1.54, 1.807) is 29.5 Å². The van der Waals surface area contributed by atoms with E-state index in [4.69, 9.17) is 0 Å². The van der Waals surface area contributed by atoms with E-state index in [0.29, 0.717) is 6.54 Å². The second kappa shape index (κ2) is 6.35. The number of thiophene rings is 1. The van der Waals surface area contributed by atoms with Crippen LogP contribution in [0.1, 0.15) is 4.88 Å². The van der Waals surface area contributed by atoms with Gasteiger partial charge in [0.05, 0.1) is 21.7 Å². The molecule has 1 N–H and O–H groups in total. The Bertz CT molecular complexity index is 859. The van der Waals surface area contributed by atoms with E-state index in [9.17, 15) is 16.8 Å². The van der Waals surface area contributed by atoms with Crippen LogP contribution in [-0.4, -0.2) is 39.6 Å². The van der Waals surface area contributed by atoms with Gasteiger partial charge in [-0.05, 0) is 23.6 Å². The molecule has 23 heavy (non-hydrogen) atoms. The summed E-state index contributed by atoms with van der Waals surface area (Å²) < 4.78 is 49.6. The molecule has 1 fully saturated rings. The van der Waals surface area contributed by atoms with Crippen molar-refractivity contribution in [3.63, 3.8) is 0 Å². The molecule has 3 rings (SSSR count). The summed E-state index contributed by atoms with van der Waals surface area (Å²) in [5.41, 5.74) is 0. The first-order valence-corrected chi connectivity index (χ1v) is 11.4. The third-order valence-electron chi connectivity index (χ3n) is 3.89. The van der Waals surface area contributed by atoms with Crippen LogP contribution < -0.4 is 5.32 Å². The van der Waals surface area contributed by atoms with E-state index in [2.05, 4.69) is 5.32 Å². The average molecular weight is 372 g/mol. The maximum absolute atomic E-state index is 12.8. The highest BCUT2D eigenvalue weighted by molar-refractivity contribution is 7.96. The van der Waals surface area contributed by atoms with Crippen molar-refractivity contribution in [2.75, 3.05) is 11.5 Å². The molecule has 0 amide bonds. The van der Waals surface area contributed by atoms with E-state index in [1.807, 2.05) is 17.5 Å². The quantitative estimate of drug-likeness (QED) is 0.861. The van der Waals surface area contributed by atoms with Crippen LogP contribution in [0, 0.1) is 0 Å². The van der Waals surface area contributed by atoms with Crippen LogP contribution in [0.3, 0.4) is 0 Å². The molecule has 0 saturated carbocycles. The van der Waals surface area contributed by atoms with Crippen LogP contribution in [0.5, 0.6) is 0 Å². The third-order valence-corrected chi connectivity index (χ3v) is 8.93. The lowest BCUT2D eigenvalue weighted by atomic mass is 10.2. The first-order valence-electron chi connectivity index (χ1n) is 7.14. The van der Waals surface area contributed by atoms with E-state index in [1.165, 1.54) is 12.1 Å². The monoisotopic (exact) mass is 371 g/mol. The summed E-state index contributed by atoms with van der Waals surface area (Å²) in [6, 6.07) is 11.3. The molecule has 1 aliphatic rings. The average Bonchev–Trinajstić information content (AvgIpc) is 3.13. The molecular weight excluding hydrogens is 354 g/mol. The van der Waals surface area contributed by atoms with Gasteiger partial charge in [0.25, 0.3) is 0 Å². The van der Waals surface area contributed by atoms with Gasteiger partial charge in [0.15, 0.2) is 19.7 Å². The lowest BCUT2D eigenvalue weighted by Gasteiger charge is -2.19. The molecule has 0 radical (unpaired) electrons. The topological polar surface area (TPSA) is 80.3 Å². The molecule has 1 aliphatic heterocycles. The largest absolute Gasteiger partial charge is 0.307 e. The summed E-state index contributed by atoms with van der Waals surface area (Å²) in [6.45, 7) is 0.471. The number of benzene rings is 1. The highest BCUT2D eigenvalue weighted by Crippen LogP contribution is 2.26.